The van der Waals surface area contributed by atoms with Crippen LogP contribution >= 0.6 is 23.5 Å². The van der Waals surface area contributed by atoms with Crippen LogP contribution in [0, 0.1) is 0 Å². The molecule has 5 heteroatoms. The summed E-state index contributed by atoms with van der Waals surface area (Å²) >= 11 is 4.28. The molecule has 1 fully saturated rings. The number of nitrogens with one attached hydrogen (secondary N) is 1. The molecule has 0 saturated carbocycles. The van der Waals surface area contributed by atoms with Gasteiger partial charge in [-0.25, -0.2) is 4.98 Å². The van der Waals surface area contributed by atoms with Crippen molar-refractivity contribution in [2.75, 3.05) is 18.1 Å². The van der Waals surface area contributed by atoms with Gasteiger partial charge in [-0.3, -0.25) is 0 Å². The maximum Gasteiger partial charge on any atom is 0.127 e. The van der Waals surface area contributed by atoms with Crippen LogP contribution < -0.4 is 5.32 Å². The maximum absolute atomic E-state index is 4.68. The van der Waals surface area contributed by atoms with Crippen molar-refractivity contribution in [2.24, 2.45) is 0 Å². The second-order valence-electron chi connectivity index (χ2n) is 5.17. The molecule has 1 aromatic heterocycles. The van der Waals surface area contributed by atoms with E-state index in [-0.39, 0.29) is 0 Å². The van der Waals surface area contributed by atoms with Crippen LogP contribution in [0.5, 0.6) is 0 Å². The molecule has 114 valence electrons. The van der Waals surface area contributed by atoms with Gasteiger partial charge in [0.1, 0.15) is 5.82 Å². The highest BCUT2D eigenvalue weighted by molar-refractivity contribution is 8.07. The fraction of sp³-hybridized carbons (Fsp3) is 0.800. The Balaban J connectivity index is 2.22. The van der Waals surface area contributed by atoms with Gasteiger partial charge in [0.15, 0.2) is 0 Å². The fourth-order valence-corrected chi connectivity index (χ4v) is 6.07. The first-order valence-electron chi connectivity index (χ1n) is 7.79. The van der Waals surface area contributed by atoms with Crippen molar-refractivity contribution >= 4 is 23.5 Å². The Morgan fingerprint density at radius 3 is 2.85 bits per heavy atom. The van der Waals surface area contributed by atoms with Gasteiger partial charge in [-0.2, -0.15) is 23.5 Å². The van der Waals surface area contributed by atoms with E-state index < -0.39 is 0 Å². The van der Waals surface area contributed by atoms with Crippen LogP contribution in [-0.2, 0) is 6.54 Å². The van der Waals surface area contributed by atoms with Crippen LogP contribution in [0.3, 0.4) is 0 Å². The van der Waals surface area contributed by atoms with Crippen molar-refractivity contribution in [3.05, 3.63) is 18.2 Å². The fourth-order valence-electron chi connectivity index (χ4n) is 2.85. The molecule has 3 nitrogen and oxygen atoms in total. The van der Waals surface area contributed by atoms with Crippen molar-refractivity contribution < 1.29 is 0 Å². The number of rotatable bonds is 7. The van der Waals surface area contributed by atoms with Gasteiger partial charge >= 0.3 is 0 Å². The predicted molar refractivity (Wildman–Crippen MR) is 91.7 cm³/mol. The standard InChI is InChI=1S/C15H27N3S2/c1-4-8-18-9-7-17-15(18)13(16-6-3)14-12(5-2)19-10-11-20-14/h7,9,12-14,16H,4-6,8,10-11H2,1-3H3. The first kappa shape index (κ1) is 16.2. The van der Waals surface area contributed by atoms with E-state index in [1.165, 1.54) is 23.8 Å². The number of aromatic nitrogens is 2. The SMILES string of the molecule is CCCn1ccnc1C(NCC)C1SCCSC1CC. The van der Waals surface area contributed by atoms with Crippen molar-refractivity contribution in [3.63, 3.8) is 0 Å². The lowest BCUT2D eigenvalue weighted by Gasteiger charge is -2.36. The molecule has 1 aliphatic rings. The zero-order chi connectivity index (χ0) is 14.4. The van der Waals surface area contributed by atoms with Gasteiger partial charge in [0.2, 0.25) is 0 Å². The Bertz CT molecular complexity index is 394. The molecular weight excluding hydrogens is 286 g/mol. The molecule has 0 bridgehead atoms. The molecule has 0 aromatic carbocycles. The minimum absolute atomic E-state index is 0.379. The van der Waals surface area contributed by atoms with Crippen LogP contribution in [0.2, 0.25) is 0 Å². The van der Waals surface area contributed by atoms with E-state index in [2.05, 4.69) is 65.4 Å². The minimum Gasteiger partial charge on any atom is -0.334 e. The first-order valence-corrected chi connectivity index (χ1v) is 9.89. The summed E-state index contributed by atoms with van der Waals surface area (Å²) in [5.41, 5.74) is 0. The van der Waals surface area contributed by atoms with Gasteiger partial charge < -0.3 is 9.88 Å². The zero-order valence-corrected chi connectivity index (χ0v) is 14.5. The zero-order valence-electron chi connectivity index (χ0n) is 12.8. The van der Waals surface area contributed by atoms with E-state index in [0.29, 0.717) is 11.3 Å². The van der Waals surface area contributed by atoms with Crippen molar-refractivity contribution in [1.82, 2.24) is 14.9 Å². The summed E-state index contributed by atoms with van der Waals surface area (Å²) < 4.78 is 2.33. The topological polar surface area (TPSA) is 29.9 Å². The van der Waals surface area contributed by atoms with Gasteiger partial charge in [0, 0.05) is 40.9 Å². The van der Waals surface area contributed by atoms with Gasteiger partial charge in [-0.1, -0.05) is 20.8 Å². The molecule has 1 aromatic rings. The molecule has 0 radical (unpaired) electrons. The summed E-state index contributed by atoms with van der Waals surface area (Å²) in [7, 11) is 0. The third-order valence-electron chi connectivity index (χ3n) is 3.74. The Morgan fingerprint density at radius 1 is 1.35 bits per heavy atom. The van der Waals surface area contributed by atoms with E-state index in [4.69, 9.17) is 0 Å². The normalized spacial score (nSPS) is 24.8. The van der Waals surface area contributed by atoms with Crippen molar-refractivity contribution in [3.8, 4) is 0 Å². The second-order valence-corrected chi connectivity index (χ2v) is 7.80. The van der Waals surface area contributed by atoms with Crippen LogP contribution in [-0.4, -0.2) is 38.1 Å². The predicted octanol–water partition coefficient (Wildman–Crippen LogP) is 3.57. The molecule has 1 aliphatic heterocycles. The average Bonchev–Trinajstić information content (AvgIpc) is 2.93. The van der Waals surface area contributed by atoms with E-state index in [0.717, 1.165) is 24.8 Å². The number of hydrogen-bond acceptors (Lipinski definition) is 4. The molecule has 0 amide bonds. The monoisotopic (exact) mass is 313 g/mol. The minimum atomic E-state index is 0.379. The Kier molecular flexibility index (Phi) is 6.78. The summed E-state index contributed by atoms with van der Waals surface area (Å²) in [6.45, 7) is 8.81. The lowest BCUT2D eigenvalue weighted by molar-refractivity contribution is 0.464. The largest absolute Gasteiger partial charge is 0.334 e. The van der Waals surface area contributed by atoms with Crippen LogP contribution in [0.4, 0.5) is 0 Å². The number of imidazole rings is 1. The van der Waals surface area contributed by atoms with Crippen LogP contribution in [0.1, 0.15) is 45.5 Å². The first-order chi connectivity index (χ1) is 9.81. The molecule has 1 saturated heterocycles. The lowest BCUT2D eigenvalue weighted by Crippen LogP contribution is -2.40. The van der Waals surface area contributed by atoms with Gasteiger partial charge in [-0.05, 0) is 19.4 Å². The third kappa shape index (κ3) is 3.74. The highest BCUT2D eigenvalue weighted by Gasteiger charge is 2.34. The van der Waals surface area contributed by atoms with Crippen LogP contribution in [0.25, 0.3) is 0 Å². The number of hydrogen-bond donors (Lipinski definition) is 1. The van der Waals surface area contributed by atoms with E-state index in [1.54, 1.807) is 0 Å². The van der Waals surface area contributed by atoms with Gasteiger partial charge in [-0.15, -0.1) is 0 Å². The molecule has 0 aliphatic carbocycles. The molecule has 20 heavy (non-hydrogen) atoms. The number of thioether (sulfide) groups is 2. The molecule has 2 rings (SSSR count). The molecule has 0 spiro atoms. The van der Waals surface area contributed by atoms with Gasteiger partial charge in [0.25, 0.3) is 0 Å². The summed E-state index contributed by atoms with van der Waals surface area (Å²) in [5.74, 6) is 3.79. The molecule has 2 heterocycles. The molecule has 1 N–H and O–H groups in total. The highest BCUT2D eigenvalue weighted by atomic mass is 32.2. The lowest BCUT2D eigenvalue weighted by atomic mass is 10.1. The summed E-state index contributed by atoms with van der Waals surface area (Å²) in [5, 5.41) is 5.08. The maximum atomic E-state index is 4.68. The van der Waals surface area contributed by atoms with Crippen molar-refractivity contribution in [1.29, 1.82) is 0 Å². The quantitative estimate of drug-likeness (QED) is 0.833. The Labute approximate surface area is 131 Å². The van der Waals surface area contributed by atoms with Gasteiger partial charge in [0.05, 0.1) is 6.04 Å². The molecule has 3 unspecified atom stereocenters. The van der Waals surface area contributed by atoms with Crippen LogP contribution in [0.15, 0.2) is 12.4 Å². The smallest absolute Gasteiger partial charge is 0.127 e. The highest BCUT2D eigenvalue weighted by Crippen LogP contribution is 2.39. The molecule has 3 atom stereocenters. The van der Waals surface area contributed by atoms with Crippen molar-refractivity contribution in [2.45, 2.75) is 56.7 Å². The summed E-state index contributed by atoms with van der Waals surface area (Å²) in [4.78, 5) is 4.68. The summed E-state index contributed by atoms with van der Waals surface area (Å²) in [6, 6.07) is 0.379. The van der Waals surface area contributed by atoms with E-state index in [9.17, 15) is 0 Å². The second kappa shape index (κ2) is 8.35. The third-order valence-corrected chi connectivity index (χ3v) is 7.09. The Morgan fingerprint density at radius 2 is 2.15 bits per heavy atom. The Hall–Kier alpha value is -0.130. The summed E-state index contributed by atoms with van der Waals surface area (Å²) in [6.07, 6.45) is 6.49. The van der Waals surface area contributed by atoms with E-state index >= 15 is 0 Å². The number of nitrogens with zero attached hydrogens (tertiary/aromatic N) is 2. The number of aryl methyl sites for hydroxylation is 1. The average molecular weight is 314 g/mol. The van der Waals surface area contributed by atoms with E-state index in [1.807, 2.05) is 6.20 Å². The molecular formula is C15H27N3S2.